The van der Waals surface area contributed by atoms with E-state index in [0.29, 0.717) is 12.0 Å². The smallest absolute Gasteiger partial charge is 0.293 e. The summed E-state index contributed by atoms with van der Waals surface area (Å²) >= 11 is 0. The Hall–Kier alpha value is -2.35. The molecule has 0 spiro atoms. The van der Waals surface area contributed by atoms with E-state index in [1.54, 1.807) is 0 Å². The van der Waals surface area contributed by atoms with Crippen LogP contribution in [0.4, 0.5) is 11.4 Å². The number of carbonyl (C=O) groups is 1. The van der Waals surface area contributed by atoms with Crippen molar-refractivity contribution in [1.29, 1.82) is 0 Å². The highest BCUT2D eigenvalue weighted by Gasteiger charge is 2.13. The van der Waals surface area contributed by atoms with Crippen LogP contribution >= 0.6 is 0 Å². The molecule has 0 aliphatic heterocycles. The number of nitro groups is 1. The molecule has 0 atom stereocenters. The van der Waals surface area contributed by atoms with Crippen molar-refractivity contribution in [2.75, 3.05) is 11.9 Å². The molecule has 0 saturated carbocycles. The molecule has 0 aliphatic rings. The Kier molecular flexibility index (Phi) is 3.41. The van der Waals surface area contributed by atoms with Crippen LogP contribution in [0.3, 0.4) is 0 Å². The van der Waals surface area contributed by atoms with Gasteiger partial charge in [0, 0.05) is 11.6 Å². The Balaban J connectivity index is 3.10. The van der Waals surface area contributed by atoms with Crippen LogP contribution in [0.5, 0.6) is 0 Å². The maximum Gasteiger partial charge on any atom is 0.293 e. The van der Waals surface area contributed by atoms with Gasteiger partial charge in [-0.05, 0) is 12.1 Å². The fraction of sp³-hybridized carbons (Fsp3) is 0.100. The first-order valence-electron chi connectivity index (χ1n) is 4.10. The summed E-state index contributed by atoms with van der Waals surface area (Å²) in [5.41, 5.74) is 0.409. The Labute approximate surface area is 86.3 Å². The molecule has 0 aliphatic carbocycles. The molecule has 1 rings (SSSR count). The minimum atomic E-state index is -0.564. The monoisotopic (exact) mass is 204 g/mol. The standard InChI is InChI=1S/C10H8N2O3/c1-2-5-11-9-4-3-8(7-13)6-10(9)12(14)15/h1,3-4,6-7,11H,5H2. The van der Waals surface area contributed by atoms with Gasteiger partial charge in [-0.1, -0.05) is 5.92 Å². The van der Waals surface area contributed by atoms with E-state index >= 15 is 0 Å². The number of rotatable bonds is 4. The Morgan fingerprint density at radius 2 is 2.33 bits per heavy atom. The van der Waals surface area contributed by atoms with Crippen LogP contribution in [0.1, 0.15) is 10.4 Å². The molecule has 15 heavy (non-hydrogen) atoms. The van der Waals surface area contributed by atoms with Crippen molar-refractivity contribution in [2.24, 2.45) is 0 Å². The summed E-state index contributed by atoms with van der Waals surface area (Å²) in [4.78, 5) is 20.5. The van der Waals surface area contributed by atoms with Gasteiger partial charge in [0.25, 0.3) is 5.69 Å². The highest BCUT2D eigenvalue weighted by Crippen LogP contribution is 2.24. The van der Waals surface area contributed by atoms with Crippen LogP contribution < -0.4 is 5.32 Å². The predicted octanol–water partition coefficient (Wildman–Crippen LogP) is 1.45. The lowest BCUT2D eigenvalue weighted by molar-refractivity contribution is -0.384. The molecule has 1 N–H and O–H groups in total. The van der Waals surface area contributed by atoms with Gasteiger partial charge < -0.3 is 5.32 Å². The number of nitrogens with one attached hydrogen (secondary N) is 1. The molecule has 0 radical (unpaired) electrons. The predicted molar refractivity (Wildman–Crippen MR) is 55.8 cm³/mol. The summed E-state index contributed by atoms with van der Waals surface area (Å²) in [6.45, 7) is 0.196. The molecule has 0 heterocycles. The topological polar surface area (TPSA) is 72.2 Å². The van der Waals surface area contributed by atoms with Crippen molar-refractivity contribution < 1.29 is 9.72 Å². The van der Waals surface area contributed by atoms with Crippen LogP contribution in [0.2, 0.25) is 0 Å². The van der Waals surface area contributed by atoms with E-state index in [0.717, 1.165) is 0 Å². The minimum Gasteiger partial charge on any atom is -0.369 e. The zero-order chi connectivity index (χ0) is 11.3. The maximum atomic E-state index is 10.7. The molecule has 0 aromatic heterocycles. The number of carbonyl (C=O) groups excluding carboxylic acids is 1. The molecule has 0 saturated heterocycles. The minimum absolute atomic E-state index is 0.158. The van der Waals surface area contributed by atoms with Crippen molar-refractivity contribution in [3.05, 3.63) is 33.9 Å². The first-order chi connectivity index (χ1) is 7.19. The second kappa shape index (κ2) is 4.77. The molecule has 1 aromatic rings. The van der Waals surface area contributed by atoms with E-state index in [9.17, 15) is 14.9 Å². The molecule has 5 nitrogen and oxygen atoms in total. The van der Waals surface area contributed by atoms with Gasteiger partial charge in [0.15, 0.2) is 0 Å². The largest absolute Gasteiger partial charge is 0.369 e. The zero-order valence-electron chi connectivity index (χ0n) is 7.77. The van der Waals surface area contributed by atoms with E-state index in [2.05, 4.69) is 11.2 Å². The third-order valence-corrected chi connectivity index (χ3v) is 1.74. The van der Waals surface area contributed by atoms with Gasteiger partial charge in [-0.15, -0.1) is 6.42 Å². The molecule has 5 heteroatoms. The third-order valence-electron chi connectivity index (χ3n) is 1.74. The van der Waals surface area contributed by atoms with E-state index in [-0.39, 0.29) is 17.8 Å². The summed E-state index contributed by atoms with van der Waals surface area (Å²) in [6.07, 6.45) is 5.57. The van der Waals surface area contributed by atoms with Crippen LogP contribution in [0.15, 0.2) is 18.2 Å². The van der Waals surface area contributed by atoms with Gasteiger partial charge in [0.2, 0.25) is 0 Å². The lowest BCUT2D eigenvalue weighted by Crippen LogP contribution is -2.02. The normalized spacial score (nSPS) is 9.00. The summed E-state index contributed by atoms with van der Waals surface area (Å²) in [5, 5.41) is 13.4. The highest BCUT2D eigenvalue weighted by molar-refractivity contribution is 5.79. The van der Waals surface area contributed by atoms with E-state index in [4.69, 9.17) is 6.42 Å². The summed E-state index contributed by atoms with van der Waals surface area (Å²) in [5.74, 6) is 2.31. The van der Waals surface area contributed by atoms with Crippen LogP contribution in [-0.4, -0.2) is 17.8 Å². The third kappa shape index (κ3) is 2.54. The lowest BCUT2D eigenvalue weighted by atomic mass is 10.2. The van der Waals surface area contributed by atoms with Gasteiger partial charge in [0.1, 0.15) is 12.0 Å². The number of hydrogen-bond acceptors (Lipinski definition) is 4. The molecule has 1 aromatic carbocycles. The van der Waals surface area contributed by atoms with Crippen LogP contribution in [0, 0.1) is 22.5 Å². The van der Waals surface area contributed by atoms with Crippen molar-refractivity contribution in [1.82, 2.24) is 0 Å². The fourth-order valence-electron chi connectivity index (χ4n) is 1.07. The maximum absolute atomic E-state index is 10.7. The highest BCUT2D eigenvalue weighted by atomic mass is 16.6. The summed E-state index contributed by atoms with van der Waals surface area (Å²) in [6, 6.07) is 4.14. The Morgan fingerprint density at radius 3 is 2.87 bits per heavy atom. The zero-order valence-corrected chi connectivity index (χ0v) is 7.77. The number of terminal acetylenes is 1. The average Bonchev–Trinajstić information content (AvgIpc) is 2.26. The van der Waals surface area contributed by atoms with Crippen molar-refractivity contribution in [3.63, 3.8) is 0 Å². The second-order valence-corrected chi connectivity index (χ2v) is 2.71. The van der Waals surface area contributed by atoms with E-state index < -0.39 is 4.92 Å². The quantitative estimate of drug-likeness (QED) is 0.348. The number of hydrogen-bond donors (Lipinski definition) is 1. The summed E-state index contributed by atoms with van der Waals surface area (Å²) in [7, 11) is 0. The number of nitrogens with zero attached hydrogens (tertiary/aromatic N) is 1. The number of benzene rings is 1. The molecule has 0 amide bonds. The molecule has 0 fully saturated rings. The second-order valence-electron chi connectivity index (χ2n) is 2.71. The lowest BCUT2D eigenvalue weighted by Gasteiger charge is -2.03. The Bertz CT molecular complexity index is 435. The van der Waals surface area contributed by atoms with E-state index in [1.165, 1.54) is 18.2 Å². The first kappa shape index (κ1) is 10.7. The molecule has 76 valence electrons. The molecular formula is C10H8N2O3. The van der Waals surface area contributed by atoms with Crippen LogP contribution in [-0.2, 0) is 0 Å². The van der Waals surface area contributed by atoms with Crippen molar-refractivity contribution in [2.45, 2.75) is 0 Å². The SMILES string of the molecule is C#CCNc1ccc(C=O)cc1[N+](=O)[O-]. The van der Waals surface area contributed by atoms with Gasteiger partial charge >= 0.3 is 0 Å². The van der Waals surface area contributed by atoms with Crippen molar-refractivity contribution in [3.8, 4) is 12.3 Å². The van der Waals surface area contributed by atoms with E-state index in [1.807, 2.05) is 0 Å². The molecular weight excluding hydrogens is 196 g/mol. The number of aldehydes is 1. The summed E-state index contributed by atoms with van der Waals surface area (Å²) < 4.78 is 0. The van der Waals surface area contributed by atoms with Crippen molar-refractivity contribution >= 4 is 17.7 Å². The Morgan fingerprint density at radius 1 is 1.60 bits per heavy atom. The molecule has 0 bridgehead atoms. The van der Waals surface area contributed by atoms with Crippen LogP contribution in [0.25, 0.3) is 0 Å². The molecule has 0 unspecified atom stereocenters. The van der Waals surface area contributed by atoms with Gasteiger partial charge in [0.05, 0.1) is 11.5 Å². The number of anilines is 1. The van der Waals surface area contributed by atoms with Gasteiger partial charge in [-0.25, -0.2) is 0 Å². The number of nitro benzene ring substituents is 1. The fourth-order valence-corrected chi connectivity index (χ4v) is 1.07. The first-order valence-corrected chi connectivity index (χ1v) is 4.10. The average molecular weight is 204 g/mol. The van der Waals surface area contributed by atoms with Gasteiger partial charge in [-0.2, -0.15) is 0 Å². The van der Waals surface area contributed by atoms with Gasteiger partial charge in [-0.3, -0.25) is 14.9 Å².